The van der Waals surface area contributed by atoms with Gasteiger partial charge < -0.3 is 19.9 Å². The predicted molar refractivity (Wildman–Crippen MR) is 111 cm³/mol. The minimum atomic E-state index is -0.425. The molecule has 0 aliphatic carbocycles. The molecule has 7 nitrogen and oxygen atoms in total. The van der Waals surface area contributed by atoms with Crippen LogP contribution in [0.15, 0.2) is 36.4 Å². The van der Waals surface area contributed by atoms with Gasteiger partial charge in [-0.3, -0.25) is 4.98 Å². The van der Waals surface area contributed by atoms with Gasteiger partial charge in [0.2, 0.25) is 0 Å². The van der Waals surface area contributed by atoms with Crippen molar-refractivity contribution in [2.75, 3.05) is 38.1 Å². The molecule has 0 atom stereocenters. The number of benzene rings is 1. The number of urea groups is 1. The Bertz CT molecular complexity index is 862. The standard InChI is InChI=1S/C22H28N4O3/c1-4-29-21(27)19-14-20(17(3)23-16(19)2)24-22(28)26-12-10-25(11-13-26)15-18-8-6-5-7-9-18/h5-9,14H,4,10-13,15H2,1-3H3,(H,24,28)/p+1. The molecule has 154 valence electrons. The van der Waals surface area contributed by atoms with E-state index in [9.17, 15) is 9.59 Å². The summed E-state index contributed by atoms with van der Waals surface area (Å²) >= 11 is 0. The van der Waals surface area contributed by atoms with E-state index in [0.717, 1.165) is 19.6 Å². The Kier molecular flexibility index (Phi) is 6.82. The molecule has 0 saturated carbocycles. The Morgan fingerprint density at radius 3 is 2.48 bits per heavy atom. The molecule has 2 heterocycles. The molecule has 2 N–H and O–H groups in total. The molecule has 1 aliphatic heterocycles. The summed E-state index contributed by atoms with van der Waals surface area (Å²) in [5.74, 6) is -0.425. The van der Waals surface area contributed by atoms with E-state index >= 15 is 0 Å². The van der Waals surface area contributed by atoms with Gasteiger partial charge in [0.15, 0.2) is 0 Å². The smallest absolute Gasteiger partial charge is 0.340 e. The van der Waals surface area contributed by atoms with Gasteiger partial charge in [0.05, 0.1) is 55.4 Å². The number of nitrogens with zero attached hydrogens (tertiary/aromatic N) is 2. The number of pyridine rings is 1. The molecular weight excluding hydrogens is 368 g/mol. The lowest BCUT2D eigenvalue weighted by Crippen LogP contribution is -3.13. The molecule has 0 radical (unpaired) electrons. The van der Waals surface area contributed by atoms with Gasteiger partial charge in [0, 0.05) is 5.56 Å². The maximum atomic E-state index is 12.7. The summed E-state index contributed by atoms with van der Waals surface area (Å²) < 4.78 is 5.08. The van der Waals surface area contributed by atoms with Crippen LogP contribution < -0.4 is 10.2 Å². The molecule has 0 unspecified atom stereocenters. The van der Waals surface area contributed by atoms with Crippen molar-refractivity contribution >= 4 is 17.7 Å². The van der Waals surface area contributed by atoms with Crippen molar-refractivity contribution in [2.45, 2.75) is 27.3 Å². The molecule has 1 saturated heterocycles. The van der Waals surface area contributed by atoms with Crippen LogP contribution in [0.5, 0.6) is 0 Å². The number of nitrogens with one attached hydrogen (secondary N) is 2. The molecule has 1 aromatic carbocycles. The van der Waals surface area contributed by atoms with E-state index in [0.29, 0.717) is 42.3 Å². The van der Waals surface area contributed by atoms with Gasteiger partial charge in [0.1, 0.15) is 6.54 Å². The number of aromatic nitrogens is 1. The average Bonchev–Trinajstić information content (AvgIpc) is 2.71. The third kappa shape index (κ3) is 5.32. The first-order valence-corrected chi connectivity index (χ1v) is 10.1. The number of aryl methyl sites for hydroxylation is 2. The van der Waals surface area contributed by atoms with E-state index in [2.05, 4.69) is 34.6 Å². The molecule has 1 aromatic heterocycles. The summed E-state index contributed by atoms with van der Waals surface area (Å²) in [6, 6.07) is 11.9. The second kappa shape index (κ2) is 9.52. The number of rotatable bonds is 5. The zero-order valence-corrected chi connectivity index (χ0v) is 17.3. The quantitative estimate of drug-likeness (QED) is 0.755. The zero-order chi connectivity index (χ0) is 20.8. The normalized spacial score (nSPS) is 14.5. The van der Waals surface area contributed by atoms with Crippen molar-refractivity contribution < 1.29 is 19.2 Å². The molecule has 0 spiro atoms. The first kappa shape index (κ1) is 20.8. The molecular formula is C22H29N4O3+. The topological polar surface area (TPSA) is 76.0 Å². The third-order valence-corrected chi connectivity index (χ3v) is 5.20. The Morgan fingerprint density at radius 1 is 1.14 bits per heavy atom. The van der Waals surface area contributed by atoms with Crippen molar-refractivity contribution in [3.63, 3.8) is 0 Å². The van der Waals surface area contributed by atoms with Crippen LogP contribution >= 0.6 is 0 Å². The van der Waals surface area contributed by atoms with Gasteiger partial charge in [-0.05, 0) is 26.8 Å². The highest BCUT2D eigenvalue weighted by Gasteiger charge is 2.25. The number of hydrogen-bond donors (Lipinski definition) is 2. The van der Waals surface area contributed by atoms with Crippen molar-refractivity contribution in [2.24, 2.45) is 0 Å². The van der Waals surface area contributed by atoms with Crippen molar-refractivity contribution in [1.29, 1.82) is 0 Å². The minimum absolute atomic E-state index is 0.160. The number of carbonyl (C=O) groups excluding carboxylic acids is 2. The van der Waals surface area contributed by atoms with Gasteiger partial charge in [0.25, 0.3) is 0 Å². The van der Waals surface area contributed by atoms with Gasteiger partial charge in [-0.15, -0.1) is 0 Å². The molecule has 3 rings (SSSR count). The summed E-state index contributed by atoms with van der Waals surface area (Å²) in [4.78, 5) is 32.5. The Balaban J connectivity index is 1.59. The molecule has 0 bridgehead atoms. The molecule has 1 aliphatic rings. The maximum Gasteiger partial charge on any atom is 0.340 e. The fraction of sp³-hybridized carbons (Fsp3) is 0.409. The van der Waals surface area contributed by atoms with Crippen molar-refractivity contribution in [1.82, 2.24) is 9.88 Å². The molecule has 1 fully saturated rings. The second-order valence-corrected chi connectivity index (χ2v) is 7.30. The van der Waals surface area contributed by atoms with E-state index < -0.39 is 5.97 Å². The highest BCUT2D eigenvalue weighted by atomic mass is 16.5. The summed E-state index contributed by atoms with van der Waals surface area (Å²) in [5.41, 5.74) is 3.51. The highest BCUT2D eigenvalue weighted by molar-refractivity contribution is 5.95. The second-order valence-electron chi connectivity index (χ2n) is 7.30. The van der Waals surface area contributed by atoms with Crippen LogP contribution in [0, 0.1) is 13.8 Å². The van der Waals surface area contributed by atoms with E-state index in [1.165, 1.54) is 10.5 Å². The maximum absolute atomic E-state index is 12.7. The molecule has 2 amide bonds. The van der Waals surface area contributed by atoms with Gasteiger partial charge in [-0.1, -0.05) is 30.3 Å². The average molecular weight is 397 g/mol. The first-order valence-electron chi connectivity index (χ1n) is 10.1. The Hall–Kier alpha value is -2.93. The molecule has 29 heavy (non-hydrogen) atoms. The van der Waals surface area contributed by atoms with Crippen LogP contribution in [0.2, 0.25) is 0 Å². The number of anilines is 1. The SMILES string of the molecule is CCOC(=O)c1cc(NC(=O)N2CC[NH+](Cc3ccccc3)CC2)c(C)nc1C. The summed E-state index contributed by atoms with van der Waals surface area (Å²) in [5, 5.41) is 2.92. The lowest BCUT2D eigenvalue weighted by atomic mass is 10.1. The monoisotopic (exact) mass is 397 g/mol. The van der Waals surface area contributed by atoms with Crippen LogP contribution in [-0.2, 0) is 11.3 Å². The van der Waals surface area contributed by atoms with Gasteiger partial charge in [-0.2, -0.15) is 0 Å². The van der Waals surface area contributed by atoms with E-state index in [4.69, 9.17) is 4.74 Å². The molecule has 7 heteroatoms. The number of piperazine rings is 1. The van der Waals surface area contributed by atoms with Crippen molar-refractivity contribution in [3.05, 3.63) is 58.9 Å². The van der Waals surface area contributed by atoms with Gasteiger partial charge in [-0.25, -0.2) is 9.59 Å². The number of esters is 1. The van der Waals surface area contributed by atoms with E-state index in [1.54, 1.807) is 19.9 Å². The minimum Gasteiger partial charge on any atom is -0.462 e. The van der Waals surface area contributed by atoms with Crippen molar-refractivity contribution in [3.8, 4) is 0 Å². The van der Waals surface area contributed by atoms with Crippen LogP contribution in [0.1, 0.15) is 34.2 Å². The largest absolute Gasteiger partial charge is 0.462 e. The van der Waals surface area contributed by atoms with Crippen LogP contribution in [0.3, 0.4) is 0 Å². The summed E-state index contributed by atoms with van der Waals surface area (Å²) in [7, 11) is 0. The Labute approximate surface area is 171 Å². The number of hydrogen-bond acceptors (Lipinski definition) is 4. The van der Waals surface area contributed by atoms with Crippen LogP contribution in [-0.4, -0.2) is 54.7 Å². The number of ether oxygens (including phenoxy) is 1. The van der Waals surface area contributed by atoms with Crippen LogP contribution in [0.4, 0.5) is 10.5 Å². The van der Waals surface area contributed by atoms with Gasteiger partial charge >= 0.3 is 12.0 Å². The Morgan fingerprint density at radius 2 is 1.83 bits per heavy atom. The third-order valence-electron chi connectivity index (χ3n) is 5.20. The first-order chi connectivity index (χ1) is 14.0. The predicted octanol–water partition coefficient (Wildman–Crippen LogP) is 1.81. The lowest BCUT2D eigenvalue weighted by Gasteiger charge is -2.32. The number of amides is 2. The summed E-state index contributed by atoms with van der Waals surface area (Å²) in [6.45, 7) is 9.80. The highest BCUT2D eigenvalue weighted by Crippen LogP contribution is 2.19. The zero-order valence-electron chi connectivity index (χ0n) is 17.3. The fourth-order valence-electron chi connectivity index (χ4n) is 3.55. The molecule has 2 aromatic rings. The fourth-order valence-corrected chi connectivity index (χ4v) is 3.55. The van der Waals surface area contributed by atoms with Crippen LogP contribution in [0.25, 0.3) is 0 Å². The summed E-state index contributed by atoms with van der Waals surface area (Å²) in [6.07, 6.45) is 0. The number of carbonyl (C=O) groups is 2. The number of quaternary nitrogens is 1. The van der Waals surface area contributed by atoms with E-state index in [-0.39, 0.29) is 6.03 Å². The lowest BCUT2D eigenvalue weighted by molar-refractivity contribution is -0.917. The van der Waals surface area contributed by atoms with E-state index in [1.807, 2.05) is 17.9 Å².